The van der Waals surface area contributed by atoms with E-state index >= 15 is 0 Å². The number of carbonyl (C=O) groups excluding carboxylic acids is 1. The lowest BCUT2D eigenvalue weighted by Gasteiger charge is -2.23. The van der Waals surface area contributed by atoms with Crippen molar-refractivity contribution in [2.75, 3.05) is 20.8 Å². The van der Waals surface area contributed by atoms with Crippen molar-refractivity contribution in [3.8, 4) is 11.8 Å². The molecule has 1 rings (SSSR count). The van der Waals surface area contributed by atoms with Crippen LogP contribution in [0.3, 0.4) is 0 Å². The molecule has 4 heteroatoms. The maximum absolute atomic E-state index is 11.8. The summed E-state index contributed by atoms with van der Waals surface area (Å²) >= 11 is 5.83. The number of amides is 1. The van der Waals surface area contributed by atoms with Gasteiger partial charge in [-0.25, -0.2) is 0 Å². The van der Waals surface area contributed by atoms with E-state index in [-0.39, 0.29) is 18.6 Å². The fourth-order valence-electron chi connectivity index (χ4n) is 1.41. The third-order valence-corrected chi connectivity index (χ3v) is 2.92. The third-order valence-electron chi connectivity index (χ3n) is 2.67. The summed E-state index contributed by atoms with van der Waals surface area (Å²) in [7, 11) is 3.27. The van der Waals surface area contributed by atoms with Crippen molar-refractivity contribution in [2.24, 2.45) is 0 Å². The summed E-state index contributed by atoms with van der Waals surface area (Å²) in [6.07, 6.45) is 0. The second-order valence-electron chi connectivity index (χ2n) is 3.88. The minimum absolute atomic E-state index is 0.0494. The average molecular weight is 266 g/mol. The number of hydrogen-bond donors (Lipinski definition) is 0. The van der Waals surface area contributed by atoms with Crippen LogP contribution < -0.4 is 0 Å². The van der Waals surface area contributed by atoms with Gasteiger partial charge < -0.3 is 9.64 Å². The van der Waals surface area contributed by atoms with Gasteiger partial charge in [-0.1, -0.05) is 29.7 Å². The van der Waals surface area contributed by atoms with Gasteiger partial charge in [-0.15, -0.1) is 0 Å². The van der Waals surface area contributed by atoms with Crippen LogP contribution in [0.25, 0.3) is 0 Å². The molecule has 0 N–H and O–H groups in total. The van der Waals surface area contributed by atoms with Crippen LogP contribution in [0, 0.1) is 11.8 Å². The average Bonchev–Trinajstić information content (AvgIpc) is 2.38. The summed E-state index contributed by atoms with van der Waals surface area (Å²) in [5, 5.41) is 0.680. The Morgan fingerprint density at radius 2 is 2.06 bits per heavy atom. The second kappa shape index (κ2) is 7.05. The lowest BCUT2D eigenvalue weighted by Crippen LogP contribution is -2.28. The molecule has 0 fully saturated rings. The first kappa shape index (κ1) is 14.6. The molecule has 1 aromatic carbocycles. The van der Waals surface area contributed by atoms with E-state index in [0.717, 1.165) is 5.56 Å². The van der Waals surface area contributed by atoms with Gasteiger partial charge in [-0.3, -0.25) is 4.79 Å². The predicted octanol–water partition coefficient (Wildman–Crippen LogP) is 2.51. The van der Waals surface area contributed by atoms with Gasteiger partial charge in [0.25, 0.3) is 5.91 Å². The minimum Gasteiger partial charge on any atom is -0.372 e. The van der Waals surface area contributed by atoms with Gasteiger partial charge in [-0.05, 0) is 30.5 Å². The van der Waals surface area contributed by atoms with Gasteiger partial charge >= 0.3 is 0 Å². The Morgan fingerprint density at radius 1 is 1.44 bits per heavy atom. The molecule has 0 spiro atoms. The van der Waals surface area contributed by atoms with Crippen LogP contribution in [-0.4, -0.2) is 31.6 Å². The summed E-state index contributed by atoms with van der Waals surface area (Å²) in [6.45, 7) is 2.20. The molecular weight excluding hydrogens is 250 g/mol. The van der Waals surface area contributed by atoms with E-state index in [0.29, 0.717) is 5.02 Å². The molecule has 0 aliphatic heterocycles. The van der Waals surface area contributed by atoms with E-state index in [2.05, 4.69) is 11.8 Å². The summed E-state index contributed by atoms with van der Waals surface area (Å²) in [5.74, 6) is 4.95. The van der Waals surface area contributed by atoms with Gasteiger partial charge in [-0.2, -0.15) is 0 Å². The van der Waals surface area contributed by atoms with Crippen molar-refractivity contribution in [1.82, 2.24) is 4.90 Å². The zero-order valence-corrected chi connectivity index (χ0v) is 11.5. The van der Waals surface area contributed by atoms with Crippen molar-refractivity contribution >= 4 is 17.5 Å². The van der Waals surface area contributed by atoms with Gasteiger partial charge in [0.05, 0.1) is 6.04 Å². The highest BCUT2D eigenvalue weighted by Crippen LogP contribution is 2.20. The van der Waals surface area contributed by atoms with E-state index in [9.17, 15) is 4.79 Å². The predicted molar refractivity (Wildman–Crippen MR) is 72.3 cm³/mol. The lowest BCUT2D eigenvalue weighted by molar-refractivity contribution is -0.125. The van der Waals surface area contributed by atoms with Crippen molar-refractivity contribution in [3.63, 3.8) is 0 Å². The van der Waals surface area contributed by atoms with Gasteiger partial charge in [0.1, 0.15) is 6.61 Å². The van der Waals surface area contributed by atoms with Gasteiger partial charge in [0.15, 0.2) is 0 Å². The highest BCUT2D eigenvalue weighted by molar-refractivity contribution is 6.30. The van der Waals surface area contributed by atoms with E-state index < -0.39 is 0 Å². The molecule has 96 valence electrons. The highest BCUT2D eigenvalue weighted by Gasteiger charge is 2.15. The van der Waals surface area contributed by atoms with Crippen LogP contribution in [0.1, 0.15) is 18.5 Å². The molecule has 0 aliphatic carbocycles. The molecule has 1 amide bonds. The first-order valence-electron chi connectivity index (χ1n) is 5.56. The molecule has 0 saturated carbocycles. The zero-order chi connectivity index (χ0) is 13.5. The second-order valence-corrected chi connectivity index (χ2v) is 4.31. The van der Waals surface area contributed by atoms with Crippen LogP contribution in [0.2, 0.25) is 5.02 Å². The molecular formula is C14H16ClNO2. The van der Waals surface area contributed by atoms with Crippen LogP contribution in [0.4, 0.5) is 0 Å². The number of hydrogen-bond acceptors (Lipinski definition) is 2. The SMILES string of the molecule is COCC#CC(=O)N(C)[C@@H](C)c1ccc(Cl)cc1. The van der Waals surface area contributed by atoms with E-state index in [1.807, 2.05) is 31.2 Å². The number of nitrogens with zero attached hydrogens (tertiary/aromatic N) is 1. The summed E-state index contributed by atoms with van der Waals surface area (Å²) < 4.78 is 4.77. The molecule has 0 saturated heterocycles. The molecule has 0 bridgehead atoms. The van der Waals surface area contributed by atoms with Gasteiger partial charge in [0.2, 0.25) is 0 Å². The molecule has 1 atom stereocenters. The fraction of sp³-hybridized carbons (Fsp3) is 0.357. The normalized spacial score (nSPS) is 11.3. The Morgan fingerprint density at radius 3 is 2.61 bits per heavy atom. The van der Waals surface area contributed by atoms with Crippen molar-refractivity contribution in [3.05, 3.63) is 34.9 Å². The minimum atomic E-state index is -0.227. The van der Waals surface area contributed by atoms with Crippen LogP contribution in [0.15, 0.2) is 24.3 Å². The molecule has 0 aromatic heterocycles. The molecule has 3 nitrogen and oxygen atoms in total. The third kappa shape index (κ3) is 4.06. The summed E-state index contributed by atoms with van der Waals surface area (Å²) in [6, 6.07) is 7.37. The Kier molecular flexibility index (Phi) is 5.70. The van der Waals surface area contributed by atoms with Crippen LogP contribution in [0.5, 0.6) is 0 Å². The van der Waals surface area contributed by atoms with E-state index in [1.54, 1.807) is 19.1 Å². The smallest absolute Gasteiger partial charge is 0.298 e. The van der Waals surface area contributed by atoms with Crippen molar-refractivity contribution < 1.29 is 9.53 Å². The van der Waals surface area contributed by atoms with Crippen molar-refractivity contribution in [1.29, 1.82) is 0 Å². The largest absolute Gasteiger partial charge is 0.372 e. The van der Waals surface area contributed by atoms with Gasteiger partial charge in [0, 0.05) is 19.2 Å². The molecule has 0 unspecified atom stereocenters. The number of rotatable bonds is 3. The Hall–Kier alpha value is -1.50. The lowest BCUT2D eigenvalue weighted by atomic mass is 10.1. The zero-order valence-electron chi connectivity index (χ0n) is 10.7. The number of halogens is 1. The quantitative estimate of drug-likeness (QED) is 0.786. The first-order valence-corrected chi connectivity index (χ1v) is 5.94. The molecule has 0 heterocycles. The number of benzene rings is 1. The van der Waals surface area contributed by atoms with E-state index in [1.165, 1.54) is 0 Å². The summed E-state index contributed by atoms with van der Waals surface area (Å²) in [5.41, 5.74) is 1.02. The van der Waals surface area contributed by atoms with E-state index in [4.69, 9.17) is 16.3 Å². The Bertz CT molecular complexity index is 459. The number of methoxy groups -OCH3 is 1. The Labute approximate surface area is 113 Å². The highest BCUT2D eigenvalue weighted by atomic mass is 35.5. The molecule has 0 aliphatic rings. The summed E-state index contributed by atoms with van der Waals surface area (Å²) in [4.78, 5) is 13.4. The number of carbonyl (C=O) groups is 1. The molecule has 0 radical (unpaired) electrons. The van der Waals surface area contributed by atoms with Crippen LogP contribution in [-0.2, 0) is 9.53 Å². The maximum Gasteiger partial charge on any atom is 0.298 e. The molecule has 18 heavy (non-hydrogen) atoms. The monoisotopic (exact) mass is 265 g/mol. The standard InChI is InChI=1S/C14H16ClNO2/c1-11(12-6-8-13(15)9-7-12)16(2)14(17)5-4-10-18-3/h6-9,11H,10H2,1-3H3/t11-/m0/s1. The van der Waals surface area contributed by atoms with Crippen LogP contribution >= 0.6 is 11.6 Å². The Balaban J connectivity index is 2.72. The topological polar surface area (TPSA) is 29.5 Å². The first-order chi connectivity index (χ1) is 8.56. The number of ether oxygens (including phenoxy) is 1. The maximum atomic E-state index is 11.8. The van der Waals surface area contributed by atoms with Crippen molar-refractivity contribution in [2.45, 2.75) is 13.0 Å². The molecule has 1 aromatic rings. The fourth-order valence-corrected chi connectivity index (χ4v) is 1.54.